The summed E-state index contributed by atoms with van der Waals surface area (Å²) in [6.07, 6.45) is 1.71. The molecule has 1 aliphatic heterocycles. The van der Waals surface area contributed by atoms with Gasteiger partial charge in [-0.3, -0.25) is 4.79 Å². The molecule has 0 unspecified atom stereocenters. The number of benzene rings is 2. The Labute approximate surface area is 162 Å². The van der Waals surface area contributed by atoms with E-state index < -0.39 is 15.8 Å². The second-order valence-corrected chi connectivity index (χ2v) is 8.51. The van der Waals surface area contributed by atoms with Gasteiger partial charge in [-0.2, -0.15) is 4.31 Å². The predicted molar refractivity (Wildman–Crippen MR) is 103 cm³/mol. The van der Waals surface area contributed by atoms with E-state index in [4.69, 9.17) is 11.6 Å². The molecule has 0 spiro atoms. The number of sulfonamides is 1. The Bertz CT molecular complexity index is 947. The van der Waals surface area contributed by atoms with Crippen LogP contribution in [0, 0.1) is 5.82 Å². The summed E-state index contributed by atoms with van der Waals surface area (Å²) < 4.78 is 39.8. The van der Waals surface area contributed by atoms with Gasteiger partial charge >= 0.3 is 0 Å². The predicted octanol–water partition coefficient (Wildman–Crippen LogP) is 3.31. The van der Waals surface area contributed by atoms with E-state index in [0.29, 0.717) is 24.5 Å². The molecular formula is C18H19ClFN3O3S. The van der Waals surface area contributed by atoms with Gasteiger partial charge in [-0.15, -0.1) is 0 Å². The fraction of sp³-hybridized carbons (Fsp3) is 0.278. The molecule has 0 aromatic heterocycles. The first-order chi connectivity index (χ1) is 12.9. The third-order valence-electron chi connectivity index (χ3n) is 4.19. The van der Waals surface area contributed by atoms with E-state index in [1.807, 2.05) is 0 Å². The molecule has 144 valence electrons. The van der Waals surface area contributed by atoms with Crippen LogP contribution in [0.2, 0.25) is 5.02 Å². The monoisotopic (exact) mass is 411 g/mol. The number of carbonyl (C=O) groups is 1. The molecule has 27 heavy (non-hydrogen) atoms. The van der Waals surface area contributed by atoms with Gasteiger partial charge in [0.25, 0.3) is 0 Å². The average Bonchev–Trinajstić information content (AvgIpc) is 3.18. The molecule has 1 fully saturated rings. The van der Waals surface area contributed by atoms with Crippen LogP contribution in [0.4, 0.5) is 15.8 Å². The van der Waals surface area contributed by atoms with Crippen molar-refractivity contribution in [2.75, 3.05) is 30.3 Å². The van der Waals surface area contributed by atoms with Gasteiger partial charge in [-0.25, -0.2) is 12.8 Å². The molecule has 2 N–H and O–H groups in total. The quantitative estimate of drug-likeness (QED) is 0.764. The Hall–Kier alpha value is -2.16. The molecule has 1 heterocycles. The number of amides is 1. The highest BCUT2D eigenvalue weighted by Gasteiger charge is 2.27. The third-order valence-corrected chi connectivity index (χ3v) is 6.38. The van der Waals surface area contributed by atoms with E-state index in [9.17, 15) is 17.6 Å². The molecule has 1 amide bonds. The number of rotatable bonds is 6. The molecule has 0 saturated carbocycles. The molecule has 0 aliphatic carbocycles. The van der Waals surface area contributed by atoms with E-state index in [1.165, 1.54) is 34.6 Å². The van der Waals surface area contributed by atoms with E-state index >= 15 is 0 Å². The number of hydrogen-bond donors (Lipinski definition) is 2. The summed E-state index contributed by atoms with van der Waals surface area (Å²) in [6, 6.07) is 10.2. The molecule has 6 nitrogen and oxygen atoms in total. The van der Waals surface area contributed by atoms with Crippen LogP contribution in [0.15, 0.2) is 47.4 Å². The van der Waals surface area contributed by atoms with Crippen LogP contribution in [0.1, 0.15) is 12.8 Å². The molecular weight excluding hydrogens is 393 g/mol. The lowest BCUT2D eigenvalue weighted by Gasteiger charge is -2.16. The van der Waals surface area contributed by atoms with Crippen molar-refractivity contribution in [3.05, 3.63) is 53.3 Å². The first-order valence-electron chi connectivity index (χ1n) is 8.45. The number of nitrogens with zero attached hydrogens (tertiary/aromatic N) is 1. The van der Waals surface area contributed by atoms with Crippen molar-refractivity contribution in [1.29, 1.82) is 0 Å². The lowest BCUT2D eigenvalue weighted by Crippen LogP contribution is -2.28. The summed E-state index contributed by atoms with van der Waals surface area (Å²) in [6.45, 7) is 0.956. The fourth-order valence-corrected chi connectivity index (χ4v) is 4.55. The van der Waals surface area contributed by atoms with Crippen molar-refractivity contribution < 1.29 is 17.6 Å². The minimum absolute atomic E-state index is 0.0415. The van der Waals surface area contributed by atoms with Gasteiger partial charge in [-0.05, 0) is 49.2 Å². The van der Waals surface area contributed by atoms with Crippen molar-refractivity contribution in [2.24, 2.45) is 0 Å². The van der Waals surface area contributed by atoms with Gasteiger partial charge in [0.1, 0.15) is 5.82 Å². The summed E-state index contributed by atoms with van der Waals surface area (Å²) in [5.74, 6) is -0.908. The van der Waals surface area contributed by atoms with Crippen LogP contribution in [0.25, 0.3) is 0 Å². The second kappa shape index (κ2) is 8.24. The van der Waals surface area contributed by atoms with Crippen LogP contribution < -0.4 is 10.6 Å². The van der Waals surface area contributed by atoms with Crippen molar-refractivity contribution in [1.82, 2.24) is 4.31 Å². The summed E-state index contributed by atoms with van der Waals surface area (Å²) in [7, 11) is -3.54. The molecule has 2 aromatic rings. The molecule has 0 radical (unpaired) electrons. The first kappa shape index (κ1) is 19.6. The van der Waals surface area contributed by atoms with Crippen LogP contribution in [-0.4, -0.2) is 38.3 Å². The highest BCUT2D eigenvalue weighted by atomic mass is 35.5. The van der Waals surface area contributed by atoms with Crippen LogP contribution in [0.5, 0.6) is 0 Å². The minimum Gasteiger partial charge on any atom is -0.376 e. The van der Waals surface area contributed by atoms with Crippen molar-refractivity contribution >= 4 is 38.9 Å². The van der Waals surface area contributed by atoms with Gasteiger partial charge in [0.05, 0.1) is 16.5 Å². The standard InChI is InChI=1S/C18H19ClFN3O3S/c19-16-11-13(6-7-17(16)20)21-12-18(24)22-14-4-3-5-15(10-14)27(25,26)23-8-1-2-9-23/h3-7,10-11,21H,1-2,8-9,12H2,(H,22,24). The Morgan fingerprint density at radius 1 is 1.11 bits per heavy atom. The van der Waals surface area contributed by atoms with Crippen LogP contribution >= 0.6 is 11.6 Å². The first-order valence-corrected chi connectivity index (χ1v) is 10.3. The van der Waals surface area contributed by atoms with Gasteiger partial charge < -0.3 is 10.6 Å². The third kappa shape index (κ3) is 4.77. The molecule has 1 saturated heterocycles. The number of hydrogen-bond acceptors (Lipinski definition) is 4. The summed E-state index contributed by atoms with van der Waals surface area (Å²) in [4.78, 5) is 12.3. The van der Waals surface area contributed by atoms with Crippen molar-refractivity contribution in [3.63, 3.8) is 0 Å². The largest absolute Gasteiger partial charge is 0.376 e. The molecule has 2 aromatic carbocycles. The number of anilines is 2. The normalized spacial score (nSPS) is 14.9. The lowest BCUT2D eigenvalue weighted by molar-refractivity contribution is -0.114. The highest BCUT2D eigenvalue weighted by Crippen LogP contribution is 2.23. The molecule has 0 bridgehead atoms. The van der Waals surface area contributed by atoms with E-state index in [2.05, 4.69) is 10.6 Å². The van der Waals surface area contributed by atoms with Crippen molar-refractivity contribution in [2.45, 2.75) is 17.7 Å². The lowest BCUT2D eigenvalue weighted by atomic mass is 10.3. The van der Waals surface area contributed by atoms with Gasteiger partial charge in [-0.1, -0.05) is 17.7 Å². The molecule has 9 heteroatoms. The van der Waals surface area contributed by atoms with E-state index in [0.717, 1.165) is 12.8 Å². The Morgan fingerprint density at radius 3 is 2.56 bits per heavy atom. The number of carbonyl (C=O) groups excluding carboxylic acids is 1. The maximum atomic E-state index is 13.1. The molecule has 1 aliphatic rings. The van der Waals surface area contributed by atoms with Gasteiger partial charge in [0.15, 0.2) is 0 Å². The van der Waals surface area contributed by atoms with Gasteiger partial charge in [0.2, 0.25) is 15.9 Å². The van der Waals surface area contributed by atoms with Crippen molar-refractivity contribution in [3.8, 4) is 0 Å². The summed E-state index contributed by atoms with van der Waals surface area (Å²) in [5, 5.41) is 5.44. The van der Waals surface area contributed by atoms with E-state index in [-0.39, 0.29) is 22.4 Å². The Morgan fingerprint density at radius 2 is 1.85 bits per heavy atom. The number of halogens is 2. The van der Waals surface area contributed by atoms with Gasteiger partial charge in [0, 0.05) is 24.5 Å². The highest BCUT2D eigenvalue weighted by molar-refractivity contribution is 7.89. The summed E-state index contributed by atoms with van der Waals surface area (Å²) in [5.41, 5.74) is 0.890. The zero-order valence-corrected chi connectivity index (χ0v) is 16.0. The van der Waals surface area contributed by atoms with E-state index in [1.54, 1.807) is 12.1 Å². The molecule has 3 rings (SSSR count). The fourth-order valence-electron chi connectivity index (χ4n) is 2.81. The zero-order chi connectivity index (χ0) is 19.4. The zero-order valence-electron chi connectivity index (χ0n) is 14.4. The minimum atomic E-state index is -3.54. The topological polar surface area (TPSA) is 78.5 Å². The maximum Gasteiger partial charge on any atom is 0.243 e. The number of nitrogens with one attached hydrogen (secondary N) is 2. The maximum absolute atomic E-state index is 13.1. The summed E-state index contributed by atoms with van der Waals surface area (Å²) >= 11 is 5.70. The van der Waals surface area contributed by atoms with Crippen LogP contribution in [-0.2, 0) is 14.8 Å². The second-order valence-electron chi connectivity index (χ2n) is 6.17. The average molecular weight is 412 g/mol. The van der Waals surface area contributed by atoms with Crippen LogP contribution in [0.3, 0.4) is 0 Å². The Balaban J connectivity index is 1.63. The molecule has 0 atom stereocenters. The smallest absolute Gasteiger partial charge is 0.243 e. The Kier molecular flexibility index (Phi) is 5.98. The SMILES string of the molecule is O=C(CNc1ccc(F)c(Cl)c1)Nc1cccc(S(=O)(=O)N2CCCC2)c1.